The second-order valence-electron chi connectivity index (χ2n) is 3.73. The molecular formula is C13H21NO2. The zero-order valence-corrected chi connectivity index (χ0v) is 10.1. The number of nitrogens with zero attached hydrogens (tertiary/aromatic N) is 1. The van der Waals surface area contributed by atoms with E-state index in [4.69, 9.17) is 4.74 Å². The topological polar surface area (TPSA) is 32.7 Å². The molecular weight excluding hydrogens is 202 g/mol. The number of aromatic hydroxyl groups is 1. The van der Waals surface area contributed by atoms with Crippen molar-refractivity contribution in [3.63, 3.8) is 0 Å². The fraction of sp³-hybridized carbons (Fsp3) is 0.538. The zero-order valence-electron chi connectivity index (χ0n) is 10.1. The number of phenols is 1. The Kier molecular flexibility index (Phi) is 5.90. The van der Waals surface area contributed by atoms with E-state index in [0.717, 1.165) is 32.8 Å². The van der Waals surface area contributed by atoms with E-state index < -0.39 is 0 Å². The van der Waals surface area contributed by atoms with Crippen molar-refractivity contribution < 1.29 is 9.84 Å². The molecule has 90 valence electrons. The molecule has 3 heteroatoms. The molecule has 16 heavy (non-hydrogen) atoms. The number of phenolic OH excluding ortho intramolecular Hbond substituents is 1. The summed E-state index contributed by atoms with van der Waals surface area (Å²) in [5, 5.41) is 9.19. The molecule has 1 aromatic carbocycles. The van der Waals surface area contributed by atoms with Crippen LogP contribution in [0, 0.1) is 0 Å². The van der Waals surface area contributed by atoms with Crippen molar-refractivity contribution in [1.29, 1.82) is 0 Å². The Morgan fingerprint density at radius 2 is 1.88 bits per heavy atom. The van der Waals surface area contributed by atoms with Crippen LogP contribution in [0.4, 0.5) is 0 Å². The van der Waals surface area contributed by atoms with E-state index in [-0.39, 0.29) is 0 Å². The number of ether oxygens (including phenoxy) is 1. The molecule has 0 aromatic heterocycles. The van der Waals surface area contributed by atoms with Gasteiger partial charge in [0, 0.05) is 19.7 Å². The van der Waals surface area contributed by atoms with E-state index in [2.05, 4.69) is 11.8 Å². The van der Waals surface area contributed by atoms with Gasteiger partial charge in [0.1, 0.15) is 5.75 Å². The first-order valence-electron chi connectivity index (χ1n) is 5.84. The highest BCUT2D eigenvalue weighted by molar-refractivity contribution is 5.25. The largest absolute Gasteiger partial charge is 0.508 e. The predicted molar refractivity (Wildman–Crippen MR) is 65.6 cm³/mol. The summed E-state index contributed by atoms with van der Waals surface area (Å²) >= 11 is 0. The van der Waals surface area contributed by atoms with Crippen molar-refractivity contribution >= 4 is 0 Å². The van der Waals surface area contributed by atoms with E-state index in [1.54, 1.807) is 12.1 Å². The molecule has 0 fully saturated rings. The molecule has 0 saturated carbocycles. The highest BCUT2D eigenvalue weighted by Gasteiger charge is 2.03. The zero-order chi connectivity index (χ0) is 11.8. The van der Waals surface area contributed by atoms with Crippen LogP contribution in [0.5, 0.6) is 5.75 Å². The molecule has 0 aliphatic rings. The smallest absolute Gasteiger partial charge is 0.115 e. The lowest BCUT2D eigenvalue weighted by atomic mass is 10.2. The Labute approximate surface area is 97.7 Å². The first-order chi connectivity index (χ1) is 7.76. The first kappa shape index (κ1) is 13.0. The van der Waals surface area contributed by atoms with Gasteiger partial charge in [-0.3, -0.25) is 4.90 Å². The lowest BCUT2D eigenvalue weighted by Gasteiger charge is -2.20. The summed E-state index contributed by atoms with van der Waals surface area (Å²) in [5.41, 5.74) is 1.22. The average molecular weight is 223 g/mol. The average Bonchev–Trinajstić information content (AvgIpc) is 2.31. The maximum Gasteiger partial charge on any atom is 0.115 e. The van der Waals surface area contributed by atoms with Gasteiger partial charge in [-0.05, 0) is 31.2 Å². The van der Waals surface area contributed by atoms with Crippen LogP contribution in [-0.2, 0) is 11.3 Å². The summed E-state index contributed by atoms with van der Waals surface area (Å²) in [4.78, 5) is 2.32. The minimum Gasteiger partial charge on any atom is -0.508 e. The third kappa shape index (κ3) is 4.64. The summed E-state index contributed by atoms with van der Waals surface area (Å²) in [6, 6.07) is 7.37. The van der Waals surface area contributed by atoms with Gasteiger partial charge in [0.05, 0.1) is 6.61 Å². The van der Waals surface area contributed by atoms with Crippen molar-refractivity contribution in [2.75, 3.05) is 26.3 Å². The molecule has 0 aliphatic carbocycles. The lowest BCUT2D eigenvalue weighted by molar-refractivity contribution is 0.113. The second-order valence-corrected chi connectivity index (χ2v) is 3.73. The minimum atomic E-state index is 0.320. The van der Waals surface area contributed by atoms with Gasteiger partial charge in [0.2, 0.25) is 0 Å². The molecule has 0 heterocycles. The molecule has 1 aromatic rings. The molecule has 0 aliphatic heterocycles. The van der Waals surface area contributed by atoms with Crippen molar-refractivity contribution in [2.45, 2.75) is 20.4 Å². The summed E-state index contributed by atoms with van der Waals surface area (Å²) in [6.45, 7) is 8.57. The molecule has 0 saturated heterocycles. The Bertz CT molecular complexity index is 284. The van der Waals surface area contributed by atoms with Crippen LogP contribution >= 0.6 is 0 Å². The van der Waals surface area contributed by atoms with Crippen LogP contribution in [0.2, 0.25) is 0 Å². The standard InChI is InChI=1S/C13H21NO2/c1-3-14(9-10-16-4-2)11-12-5-7-13(15)8-6-12/h5-8,15H,3-4,9-11H2,1-2H3. The summed E-state index contributed by atoms with van der Waals surface area (Å²) in [5.74, 6) is 0.320. The Hall–Kier alpha value is -1.06. The Morgan fingerprint density at radius 3 is 2.44 bits per heavy atom. The van der Waals surface area contributed by atoms with Crippen molar-refractivity contribution in [3.8, 4) is 5.75 Å². The molecule has 0 amide bonds. The molecule has 1 rings (SSSR count). The van der Waals surface area contributed by atoms with Gasteiger partial charge < -0.3 is 9.84 Å². The van der Waals surface area contributed by atoms with Crippen LogP contribution < -0.4 is 0 Å². The SMILES string of the molecule is CCOCCN(CC)Cc1ccc(O)cc1. The number of benzene rings is 1. The Balaban J connectivity index is 2.40. The molecule has 0 spiro atoms. The van der Waals surface area contributed by atoms with Gasteiger partial charge in [0.25, 0.3) is 0 Å². The van der Waals surface area contributed by atoms with Crippen molar-refractivity contribution in [2.24, 2.45) is 0 Å². The van der Waals surface area contributed by atoms with Gasteiger partial charge in [-0.2, -0.15) is 0 Å². The van der Waals surface area contributed by atoms with E-state index in [1.807, 2.05) is 19.1 Å². The van der Waals surface area contributed by atoms with Crippen LogP contribution in [0.25, 0.3) is 0 Å². The number of rotatable bonds is 7. The molecule has 0 unspecified atom stereocenters. The van der Waals surface area contributed by atoms with Crippen LogP contribution in [0.3, 0.4) is 0 Å². The third-order valence-corrected chi connectivity index (χ3v) is 2.55. The maximum absolute atomic E-state index is 9.19. The maximum atomic E-state index is 9.19. The molecule has 1 N–H and O–H groups in total. The van der Waals surface area contributed by atoms with E-state index in [9.17, 15) is 5.11 Å². The van der Waals surface area contributed by atoms with E-state index in [0.29, 0.717) is 5.75 Å². The number of hydrogen-bond acceptors (Lipinski definition) is 3. The normalized spacial score (nSPS) is 10.9. The summed E-state index contributed by atoms with van der Waals surface area (Å²) in [7, 11) is 0. The van der Waals surface area contributed by atoms with Gasteiger partial charge in [0.15, 0.2) is 0 Å². The second kappa shape index (κ2) is 7.25. The van der Waals surface area contributed by atoms with Crippen molar-refractivity contribution in [3.05, 3.63) is 29.8 Å². The lowest BCUT2D eigenvalue weighted by Crippen LogP contribution is -2.26. The molecule has 0 atom stereocenters. The van der Waals surface area contributed by atoms with Crippen LogP contribution in [0.15, 0.2) is 24.3 Å². The predicted octanol–water partition coefficient (Wildman–Crippen LogP) is 2.25. The number of likely N-dealkylation sites (N-methyl/N-ethyl adjacent to an activating group) is 1. The Morgan fingerprint density at radius 1 is 1.19 bits per heavy atom. The number of hydrogen-bond donors (Lipinski definition) is 1. The molecule has 0 radical (unpaired) electrons. The van der Waals surface area contributed by atoms with Crippen molar-refractivity contribution in [1.82, 2.24) is 4.90 Å². The van der Waals surface area contributed by atoms with Gasteiger partial charge >= 0.3 is 0 Å². The van der Waals surface area contributed by atoms with E-state index >= 15 is 0 Å². The monoisotopic (exact) mass is 223 g/mol. The van der Waals surface area contributed by atoms with Gasteiger partial charge in [-0.15, -0.1) is 0 Å². The van der Waals surface area contributed by atoms with Crippen LogP contribution in [0.1, 0.15) is 19.4 Å². The fourth-order valence-electron chi connectivity index (χ4n) is 1.55. The fourth-order valence-corrected chi connectivity index (χ4v) is 1.55. The quantitative estimate of drug-likeness (QED) is 0.720. The van der Waals surface area contributed by atoms with Gasteiger partial charge in [-0.25, -0.2) is 0 Å². The third-order valence-electron chi connectivity index (χ3n) is 2.55. The first-order valence-corrected chi connectivity index (χ1v) is 5.84. The van der Waals surface area contributed by atoms with Gasteiger partial charge in [-0.1, -0.05) is 19.1 Å². The minimum absolute atomic E-state index is 0.320. The van der Waals surface area contributed by atoms with Crippen LogP contribution in [-0.4, -0.2) is 36.3 Å². The highest BCUT2D eigenvalue weighted by atomic mass is 16.5. The highest BCUT2D eigenvalue weighted by Crippen LogP contribution is 2.11. The van der Waals surface area contributed by atoms with E-state index in [1.165, 1.54) is 5.56 Å². The molecule has 3 nitrogen and oxygen atoms in total. The molecule has 0 bridgehead atoms. The summed E-state index contributed by atoms with van der Waals surface area (Å²) < 4.78 is 5.34. The summed E-state index contributed by atoms with van der Waals surface area (Å²) in [6.07, 6.45) is 0.